The molecule has 0 saturated heterocycles. The number of hydrazine groups is 1. The van der Waals surface area contributed by atoms with E-state index >= 15 is 0 Å². The Bertz CT molecular complexity index is 647. The van der Waals surface area contributed by atoms with Crippen LogP contribution in [0.4, 0.5) is 0 Å². The van der Waals surface area contributed by atoms with Gasteiger partial charge in [-0.15, -0.1) is 0 Å². The Morgan fingerprint density at radius 1 is 1.00 bits per heavy atom. The number of rotatable bonds is 6. The van der Waals surface area contributed by atoms with Gasteiger partial charge in [-0.3, -0.25) is 15.6 Å². The van der Waals surface area contributed by atoms with Gasteiger partial charge in [-0.2, -0.15) is 0 Å². The highest BCUT2D eigenvalue weighted by Crippen LogP contribution is 2.12. The molecule has 114 valence electrons. The summed E-state index contributed by atoms with van der Waals surface area (Å²) in [6, 6.07) is 17.5. The Balaban J connectivity index is 2.09. The van der Waals surface area contributed by atoms with Crippen molar-refractivity contribution in [3.8, 4) is 0 Å². The van der Waals surface area contributed by atoms with Crippen LogP contribution >= 0.6 is 0 Å². The summed E-state index contributed by atoms with van der Waals surface area (Å²) >= 11 is 0. The van der Waals surface area contributed by atoms with E-state index in [1.54, 1.807) is 0 Å². The summed E-state index contributed by atoms with van der Waals surface area (Å²) < 4.78 is 0. The number of unbranched alkanes of at least 4 members (excludes halogenated alkanes) is 1. The van der Waals surface area contributed by atoms with E-state index in [4.69, 9.17) is 0 Å². The maximum atomic E-state index is 12.3. The Hall–Kier alpha value is -2.55. The second kappa shape index (κ2) is 8.03. The van der Waals surface area contributed by atoms with E-state index in [1.165, 1.54) is 0 Å². The summed E-state index contributed by atoms with van der Waals surface area (Å²) in [4.78, 5) is 12.3. The minimum atomic E-state index is -0.128. The Labute approximate surface area is 132 Å². The molecule has 2 aromatic rings. The molecule has 0 aliphatic carbocycles. The predicted octanol–water partition coefficient (Wildman–Crippen LogP) is 4.07. The lowest BCUT2D eigenvalue weighted by Crippen LogP contribution is -2.36. The summed E-state index contributed by atoms with van der Waals surface area (Å²) in [6.45, 7) is 4.06. The standard InChI is InChI=1S/C19H22N2O/c1-3-4-14-18(16-11-6-5-7-12-16)20-21-19(22)17-13-9-8-10-15(17)2/h5-14,20H,3-4H2,1-2H3,(H,21,22). The molecule has 0 radical (unpaired) electrons. The van der Waals surface area contributed by atoms with Gasteiger partial charge in [0.15, 0.2) is 0 Å². The molecule has 0 spiro atoms. The van der Waals surface area contributed by atoms with Crippen LogP contribution in [0.2, 0.25) is 0 Å². The fraction of sp³-hybridized carbons (Fsp3) is 0.211. The second-order valence-corrected chi connectivity index (χ2v) is 5.17. The van der Waals surface area contributed by atoms with E-state index in [2.05, 4.69) is 23.9 Å². The molecule has 3 heteroatoms. The molecule has 0 bridgehead atoms. The lowest BCUT2D eigenvalue weighted by molar-refractivity contribution is 0.0942. The zero-order valence-electron chi connectivity index (χ0n) is 13.1. The molecule has 3 nitrogen and oxygen atoms in total. The quantitative estimate of drug-likeness (QED) is 0.788. The maximum absolute atomic E-state index is 12.3. The van der Waals surface area contributed by atoms with Crippen LogP contribution in [0, 0.1) is 6.92 Å². The second-order valence-electron chi connectivity index (χ2n) is 5.17. The number of amides is 1. The monoisotopic (exact) mass is 294 g/mol. The highest BCUT2D eigenvalue weighted by Gasteiger charge is 2.08. The van der Waals surface area contributed by atoms with Crippen LogP contribution in [-0.4, -0.2) is 5.91 Å². The van der Waals surface area contributed by atoms with Crippen LogP contribution in [0.5, 0.6) is 0 Å². The SMILES string of the molecule is CCCC=C(NNC(=O)c1ccccc1C)c1ccccc1. The number of benzene rings is 2. The molecule has 0 aromatic heterocycles. The topological polar surface area (TPSA) is 41.1 Å². The van der Waals surface area contributed by atoms with Crippen LogP contribution in [0.1, 0.15) is 41.3 Å². The molecular formula is C19H22N2O. The molecule has 0 unspecified atom stereocenters. The van der Waals surface area contributed by atoms with Crippen molar-refractivity contribution in [3.63, 3.8) is 0 Å². The van der Waals surface area contributed by atoms with E-state index in [9.17, 15) is 4.79 Å². The summed E-state index contributed by atoms with van der Waals surface area (Å²) in [7, 11) is 0. The number of carbonyl (C=O) groups is 1. The maximum Gasteiger partial charge on any atom is 0.269 e. The highest BCUT2D eigenvalue weighted by atomic mass is 16.2. The summed E-state index contributed by atoms with van der Waals surface area (Å²) in [6.07, 6.45) is 4.12. The van der Waals surface area contributed by atoms with Gasteiger partial charge in [0.25, 0.3) is 5.91 Å². The number of hydrogen-bond donors (Lipinski definition) is 2. The summed E-state index contributed by atoms with van der Waals surface area (Å²) in [5.74, 6) is -0.128. The largest absolute Gasteiger partial charge is 0.298 e. The van der Waals surface area contributed by atoms with Crippen LogP contribution in [0.3, 0.4) is 0 Å². The van der Waals surface area contributed by atoms with Gasteiger partial charge in [-0.05, 0) is 30.5 Å². The van der Waals surface area contributed by atoms with Gasteiger partial charge in [0, 0.05) is 5.56 Å². The van der Waals surface area contributed by atoms with Crippen molar-refractivity contribution in [2.45, 2.75) is 26.7 Å². The first-order valence-electron chi connectivity index (χ1n) is 7.60. The van der Waals surface area contributed by atoms with Crippen molar-refractivity contribution in [1.82, 2.24) is 10.9 Å². The lowest BCUT2D eigenvalue weighted by atomic mass is 10.1. The normalized spacial score (nSPS) is 11.1. The zero-order chi connectivity index (χ0) is 15.8. The average molecular weight is 294 g/mol. The van der Waals surface area contributed by atoms with E-state index in [1.807, 2.05) is 61.5 Å². The minimum Gasteiger partial charge on any atom is -0.298 e. The molecule has 22 heavy (non-hydrogen) atoms. The fourth-order valence-corrected chi connectivity index (χ4v) is 2.17. The van der Waals surface area contributed by atoms with Crippen molar-refractivity contribution in [2.24, 2.45) is 0 Å². The van der Waals surface area contributed by atoms with Crippen molar-refractivity contribution < 1.29 is 4.79 Å². The Kier molecular flexibility index (Phi) is 5.78. The van der Waals surface area contributed by atoms with Gasteiger partial charge < -0.3 is 0 Å². The molecule has 1 amide bonds. The predicted molar refractivity (Wildman–Crippen MR) is 91.1 cm³/mol. The molecule has 0 aliphatic rings. The van der Waals surface area contributed by atoms with E-state index in [-0.39, 0.29) is 5.91 Å². The lowest BCUT2D eigenvalue weighted by Gasteiger charge is -2.14. The molecule has 0 fully saturated rings. The highest BCUT2D eigenvalue weighted by molar-refractivity contribution is 5.95. The molecule has 2 N–H and O–H groups in total. The molecule has 2 aromatic carbocycles. The third kappa shape index (κ3) is 4.22. The molecule has 0 atom stereocenters. The molecule has 0 aliphatic heterocycles. The summed E-state index contributed by atoms with van der Waals surface area (Å²) in [5, 5.41) is 0. The number of nitrogens with one attached hydrogen (secondary N) is 2. The summed E-state index contributed by atoms with van der Waals surface area (Å²) in [5.41, 5.74) is 9.46. The first kappa shape index (κ1) is 15.8. The smallest absolute Gasteiger partial charge is 0.269 e. The fourth-order valence-electron chi connectivity index (χ4n) is 2.17. The average Bonchev–Trinajstić information content (AvgIpc) is 2.56. The van der Waals surface area contributed by atoms with Crippen LogP contribution in [-0.2, 0) is 0 Å². The van der Waals surface area contributed by atoms with Gasteiger partial charge in [0.05, 0.1) is 5.70 Å². The van der Waals surface area contributed by atoms with Crippen molar-refractivity contribution in [1.29, 1.82) is 0 Å². The number of allylic oxidation sites excluding steroid dienone is 1. The van der Waals surface area contributed by atoms with E-state index in [0.717, 1.165) is 29.7 Å². The first-order valence-corrected chi connectivity index (χ1v) is 7.60. The third-order valence-corrected chi connectivity index (χ3v) is 3.42. The molecule has 0 saturated carbocycles. The van der Waals surface area contributed by atoms with Crippen LogP contribution in [0.15, 0.2) is 60.7 Å². The van der Waals surface area contributed by atoms with E-state index < -0.39 is 0 Å². The van der Waals surface area contributed by atoms with Gasteiger partial charge >= 0.3 is 0 Å². The number of carbonyl (C=O) groups excluding carboxylic acids is 1. The van der Waals surface area contributed by atoms with Crippen molar-refractivity contribution in [2.75, 3.05) is 0 Å². The molecule has 0 heterocycles. The van der Waals surface area contributed by atoms with Crippen molar-refractivity contribution >= 4 is 11.6 Å². The van der Waals surface area contributed by atoms with Gasteiger partial charge in [-0.25, -0.2) is 0 Å². The van der Waals surface area contributed by atoms with Crippen LogP contribution in [0.25, 0.3) is 5.70 Å². The molecule has 2 rings (SSSR count). The first-order chi connectivity index (χ1) is 10.7. The Morgan fingerprint density at radius 3 is 2.36 bits per heavy atom. The van der Waals surface area contributed by atoms with Gasteiger partial charge in [-0.1, -0.05) is 68.0 Å². The minimum absolute atomic E-state index is 0.128. The zero-order valence-corrected chi connectivity index (χ0v) is 13.1. The number of aryl methyl sites for hydroxylation is 1. The van der Waals surface area contributed by atoms with Crippen molar-refractivity contribution in [3.05, 3.63) is 77.4 Å². The van der Waals surface area contributed by atoms with Gasteiger partial charge in [0.1, 0.15) is 0 Å². The number of hydrogen-bond acceptors (Lipinski definition) is 2. The van der Waals surface area contributed by atoms with E-state index in [0.29, 0.717) is 5.56 Å². The molecular weight excluding hydrogens is 272 g/mol. The van der Waals surface area contributed by atoms with Gasteiger partial charge in [0.2, 0.25) is 0 Å². The third-order valence-electron chi connectivity index (χ3n) is 3.42. The Morgan fingerprint density at radius 2 is 1.68 bits per heavy atom. The van der Waals surface area contributed by atoms with Crippen LogP contribution < -0.4 is 10.9 Å².